The number of nitriles is 1. The summed E-state index contributed by atoms with van der Waals surface area (Å²) in [6.07, 6.45) is 5.89. The summed E-state index contributed by atoms with van der Waals surface area (Å²) in [6.45, 7) is 2.87. The Hall–Kier alpha value is -0.200. The fourth-order valence-corrected chi connectivity index (χ4v) is 1.41. The third-order valence-electron chi connectivity index (χ3n) is 1.67. The molecule has 0 amide bonds. The SMILES string of the molecule is CSCCCCCNC(C)C#N. The van der Waals surface area contributed by atoms with Crippen molar-refractivity contribution in [2.45, 2.75) is 32.2 Å². The molecule has 0 aliphatic heterocycles. The van der Waals surface area contributed by atoms with E-state index in [1.807, 2.05) is 18.7 Å². The first-order valence-electron chi connectivity index (χ1n) is 4.43. The van der Waals surface area contributed by atoms with E-state index < -0.39 is 0 Å². The average Bonchev–Trinajstić information content (AvgIpc) is 2.10. The van der Waals surface area contributed by atoms with E-state index in [0.717, 1.165) is 6.54 Å². The molecule has 1 atom stereocenters. The van der Waals surface area contributed by atoms with Gasteiger partial charge in [-0.25, -0.2) is 0 Å². The number of thioether (sulfide) groups is 1. The summed E-state index contributed by atoms with van der Waals surface area (Å²) in [5.74, 6) is 1.26. The lowest BCUT2D eigenvalue weighted by molar-refractivity contribution is 0.591. The smallest absolute Gasteiger partial charge is 0.0924 e. The Balaban J connectivity index is 2.96. The molecule has 2 nitrogen and oxygen atoms in total. The van der Waals surface area contributed by atoms with E-state index in [4.69, 9.17) is 5.26 Å². The van der Waals surface area contributed by atoms with Crippen LogP contribution in [0.1, 0.15) is 26.2 Å². The quantitative estimate of drug-likeness (QED) is 0.618. The molecular weight excluding hydrogens is 168 g/mol. The van der Waals surface area contributed by atoms with Gasteiger partial charge in [-0.1, -0.05) is 6.42 Å². The normalized spacial score (nSPS) is 12.4. The molecular formula is C9H18N2S. The molecule has 0 fully saturated rings. The van der Waals surface area contributed by atoms with E-state index in [2.05, 4.69) is 17.6 Å². The molecule has 0 spiro atoms. The zero-order valence-electron chi connectivity index (χ0n) is 7.97. The van der Waals surface area contributed by atoms with E-state index in [-0.39, 0.29) is 6.04 Å². The van der Waals surface area contributed by atoms with Crippen LogP contribution >= 0.6 is 11.8 Å². The van der Waals surface area contributed by atoms with Crippen molar-refractivity contribution >= 4 is 11.8 Å². The number of nitrogens with zero attached hydrogens (tertiary/aromatic N) is 1. The second kappa shape index (κ2) is 8.89. The largest absolute Gasteiger partial charge is 0.302 e. The molecule has 0 saturated heterocycles. The first kappa shape index (κ1) is 11.8. The molecule has 1 unspecified atom stereocenters. The van der Waals surface area contributed by atoms with Crippen molar-refractivity contribution in [1.82, 2.24) is 5.32 Å². The summed E-state index contributed by atoms with van der Waals surface area (Å²) in [7, 11) is 0. The highest BCUT2D eigenvalue weighted by Crippen LogP contribution is 2.01. The summed E-state index contributed by atoms with van der Waals surface area (Å²) in [5, 5.41) is 11.6. The van der Waals surface area contributed by atoms with Crippen molar-refractivity contribution in [3.63, 3.8) is 0 Å². The van der Waals surface area contributed by atoms with Gasteiger partial charge in [0.25, 0.3) is 0 Å². The predicted molar refractivity (Wildman–Crippen MR) is 55.3 cm³/mol. The van der Waals surface area contributed by atoms with Gasteiger partial charge in [-0.15, -0.1) is 0 Å². The maximum Gasteiger partial charge on any atom is 0.0924 e. The van der Waals surface area contributed by atoms with Crippen molar-refractivity contribution in [2.24, 2.45) is 0 Å². The second-order valence-electron chi connectivity index (χ2n) is 2.86. The molecule has 0 aliphatic rings. The first-order chi connectivity index (χ1) is 5.81. The summed E-state index contributed by atoms with van der Waals surface area (Å²) in [6, 6.07) is 2.16. The Labute approximate surface area is 79.7 Å². The van der Waals surface area contributed by atoms with Crippen LogP contribution in [0.5, 0.6) is 0 Å². The van der Waals surface area contributed by atoms with Crippen molar-refractivity contribution in [3.8, 4) is 6.07 Å². The Morgan fingerprint density at radius 1 is 1.42 bits per heavy atom. The van der Waals surface area contributed by atoms with Gasteiger partial charge in [0, 0.05) is 0 Å². The van der Waals surface area contributed by atoms with Crippen LogP contribution in [-0.2, 0) is 0 Å². The van der Waals surface area contributed by atoms with Gasteiger partial charge in [0.05, 0.1) is 12.1 Å². The summed E-state index contributed by atoms with van der Waals surface area (Å²) >= 11 is 1.90. The minimum absolute atomic E-state index is 0.00514. The highest BCUT2D eigenvalue weighted by molar-refractivity contribution is 7.98. The monoisotopic (exact) mass is 186 g/mol. The lowest BCUT2D eigenvalue weighted by Gasteiger charge is -2.04. The van der Waals surface area contributed by atoms with Crippen LogP contribution in [0.2, 0.25) is 0 Å². The maximum absolute atomic E-state index is 8.46. The van der Waals surface area contributed by atoms with Crippen LogP contribution < -0.4 is 5.32 Å². The van der Waals surface area contributed by atoms with E-state index in [0.29, 0.717) is 0 Å². The predicted octanol–water partition coefficient (Wildman–Crippen LogP) is 2.02. The van der Waals surface area contributed by atoms with E-state index in [1.165, 1.54) is 25.0 Å². The van der Waals surface area contributed by atoms with Crippen LogP contribution in [0.15, 0.2) is 0 Å². The number of hydrogen-bond acceptors (Lipinski definition) is 3. The fraction of sp³-hybridized carbons (Fsp3) is 0.889. The van der Waals surface area contributed by atoms with Crippen LogP contribution in [-0.4, -0.2) is 24.6 Å². The van der Waals surface area contributed by atoms with Crippen molar-refractivity contribution in [2.75, 3.05) is 18.6 Å². The standard InChI is InChI=1S/C9H18N2S/c1-9(8-10)11-6-4-3-5-7-12-2/h9,11H,3-7H2,1-2H3. The topological polar surface area (TPSA) is 35.8 Å². The number of rotatable bonds is 7. The van der Waals surface area contributed by atoms with Gasteiger partial charge in [-0.05, 0) is 38.3 Å². The lowest BCUT2D eigenvalue weighted by Crippen LogP contribution is -2.25. The third kappa shape index (κ3) is 7.90. The van der Waals surface area contributed by atoms with Gasteiger partial charge in [0.1, 0.15) is 0 Å². The Morgan fingerprint density at radius 2 is 2.17 bits per heavy atom. The van der Waals surface area contributed by atoms with Gasteiger partial charge >= 0.3 is 0 Å². The van der Waals surface area contributed by atoms with Gasteiger partial charge < -0.3 is 5.32 Å². The van der Waals surface area contributed by atoms with Gasteiger partial charge in [0.2, 0.25) is 0 Å². The fourth-order valence-electron chi connectivity index (χ4n) is 0.912. The van der Waals surface area contributed by atoms with Gasteiger partial charge in [-0.2, -0.15) is 17.0 Å². The lowest BCUT2D eigenvalue weighted by atomic mass is 10.2. The average molecular weight is 186 g/mol. The number of nitrogens with one attached hydrogen (secondary N) is 1. The molecule has 12 heavy (non-hydrogen) atoms. The van der Waals surface area contributed by atoms with Gasteiger partial charge in [0.15, 0.2) is 0 Å². The van der Waals surface area contributed by atoms with Crippen LogP contribution in [0, 0.1) is 11.3 Å². The van der Waals surface area contributed by atoms with Crippen molar-refractivity contribution in [1.29, 1.82) is 5.26 Å². The van der Waals surface area contributed by atoms with Crippen LogP contribution in [0.25, 0.3) is 0 Å². The molecule has 0 radical (unpaired) electrons. The number of unbranched alkanes of at least 4 members (excludes halogenated alkanes) is 2. The minimum Gasteiger partial charge on any atom is -0.302 e. The van der Waals surface area contributed by atoms with Gasteiger partial charge in [-0.3, -0.25) is 0 Å². The molecule has 0 aromatic heterocycles. The molecule has 0 heterocycles. The maximum atomic E-state index is 8.46. The molecule has 0 aromatic carbocycles. The first-order valence-corrected chi connectivity index (χ1v) is 5.82. The molecule has 0 saturated carbocycles. The number of hydrogen-bond donors (Lipinski definition) is 1. The molecule has 1 N–H and O–H groups in total. The van der Waals surface area contributed by atoms with E-state index in [1.54, 1.807) is 0 Å². The van der Waals surface area contributed by atoms with E-state index >= 15 is 0 Å². The van der Waals surface area contributed by atoms with E-state index in [9.17, 15) is 0 Å². The zero-order chi connectivity index (χ0) is 9.23. The summed E-state index contributed by atoms with van der Waals surface area (Å²) in [4.78, 5) is 0. The van der Waals surface area contributed by atoms with Crippen molar-refractivity contribution in [3.05, 3.63) is 0 Å². The minimum atomic E-state index is 0.00514. The Bertz CT molecular complexity index is 131. The molecule has 0 aliphatic carbocycles. The third-order valence-corrected chi connectivity index (χ3v) is 2.37. The molecule has 0 bridgehead atoms. The Kier molecular flexibility index (Phi) is 8.74. The van der Waals surface area contributed by atoms with Crippen molar-refractivity contribution < 1.29 is 0 Å². The molecule has 0 aromatic rings. The molecule has 70 valence electrons. The van der Waals surface area contributed by atoms with Crippen LogP contribution in [0.3, 0.4) is 0 Å². The summed E-state index contributed by atoms with van der Waals surface area (Å²) < 4.78 is 0. The second-order valence-corrected chi connectivity index (χ2v) is 3.84. The summed E-state index contributed by atoms with van der Waals surface area (Å²) in [5.41, 5.74) is 0. The highest BCUT2D eigenvalue weighted by Gasteiger charge is 1.95. The zero-order valence-corrected chi connectivity index (χ0v) is 8.78. The van der Waals surface area contributed by atoms with Crippen LogP contribution in [0.4, 0.5) is 0 Å². The highest BCUT2D eigenvalue weighted by atomic mass is 32.2. The Morgan fingerprint density at radius 3 is 2.75 bits per heavy atom. The molecule has 3 heteroatoms. The molecule has 0 rings (SSSR count).